The van der Waals surface area contributed by atoms with Gasteiger partial charge in [-0.05, 0) is 153 Å². The van der Waals surface area contributed by atoms with E-state index in [0.29, 0.717) is 57.2 Å². The summed E-state index contributed by atoms with van der Waals surface area (Å²) in [6.45, 7) is 19.9. The number of rotatable bonds is 3. The van der Waals surface area contributed by atoms with Crippen LogP contribution in [0, 0.1) is 45.3 Å². The van der Waals surface area contributed by atoms with Crippen molar-refractivity contribution in [3.05, 3.63) is 106 Å². The molecule has 0 radical (unpaired) electrons. The molecule has 0 bridgehead atoms. The van der Waals surface area contributed by atoms with Crippen LogP contribution in [0.2, 0.25) is 0 Å². The van der Waals surface area contributed by atoms with Crippen LogP contribution in [0.4, 0.5) is 0 Å². The predicted molar refractivity (Wildman–Crippen MR) is 196 cm³/mol. The molecule has 4 fully saturated rings. The molecule has 2 aromatic carbocycles. The first kappa shape index (κ1) is 30.7. The topological polar surface area (TPSA) is 0 Å². The fourth-order valence-corrected chi connectivity index (χ4v) is 11.0. The average Bonchev–Trinajstić information content (AvgIpc) is 3.64. The Hall–Kier alpha value is -2.60. The Morgan fingerprint density at radius 3 is 0.935 bits per heavy atom. The zero-order chi connectivity index (χ0) is 32.2. The van der Waals surface area contributed by atoms with Gasteiger partial charge in [-0.2, -0.15) is 0 Å². The fourth-order valence-electron chi connectivity index (χ4n) is 11.0. The maximum Gasteiger partial charge on any atom is -0.0103 e. The highest BCUT2D eigenvalue weighted by Gasteiger charge is 2.47. The Labute approximate surface area is 280 Å². The van der Waals surface area contributed by atoms with Gasteiger partial charge in [-0.1, -0.05) is 128 Å². The molecule has 0 heteroatoms. The highest BCUT2D eigenvalue weighted by atomic mass is 14.5. The van der Waals surface area contributed by atoms with E-state index in [4.69, 9.17) is 0 Å². The molecular weight excluding hydrogens is 553 g/mol. The maximum atomic E-state index is 2.75. The fraction of sp³-hybridized carbons (Fsp3) is 0.565. The molecule has 4 atom stereocenters. The lowest BCUT2D eigenvalue weighted by molar-refractivity contribution is 0.250. The van der Waals surface area contributed by atoms with Crippen LogP contribution in [0.15, 0.2) is 95.1 Å². The zero-order valence-electron chi connectivity index (χ0n) is 30.0. The molecule has 0 amide bonds. The van der Waals surface area contributed by atoms with Crippen molar-refractivity contribution in [3.8, 4) is 11.1 Å². The molecule has 6 aliphatic rings. The first-order chi connectivity index (χ1) is 21.7. The molecule has 0 nitrogen and oxygen atoms in total. The second-order valence-electron chi connectivity index (χ2n) is 19.0. The number of allylic oxidation sites excluding steroid dienone is 8. The minimum atomic E-state index is 0.300. The number of benzene rings is 2. The molecule has 0 N–H and O–H groups in total. The minimum absolute atomic E-state index is 0.300. The number of hydrogen-bond donors (Lipinski definition) is 0. The van der Waals surface area contributed by atoms with Crippen LogP contribution < -0.4 is 0 Å². The molecule has 0 aliphatic heterocycles. The van der Waals surface area contributed by atoms with E-state index in [1.54, 1.807) is 33.4 Å². The van der Waals surface area contributed by atoms with Crippen LogP contribution in [0.5, 0.6) is 0 Å². The van der Waals surface area contributed by atoms with Crippen LogP contribution in [-0.4, -0.2) is 0 Å². The normalized spacial score (nSPS) is 34.6. The van der Waals surface area contributed by atoms with E-state index in [9.17, 15) is 0 Å². The summed E-state index contributed by atoms with van der Waals surface area (Å²) in [5, 5.41) is 0. The van der Waals surface area contributed by atoms with Crippen LogP contribution in [0.25, 0.3) is 11.1 Å². The Balaban J connectivity index is 1.11. The average molecular weight is 611 g/mol. The predicted octanol–water partition coefficient (Wildman–Crippen LogP) is 13.0. The lowest BCUT2D eigenvalue weighted by Gasteiger charge is -2.47. The lowest BCUT2D eigenvalue weighted by Crippen LogP contribution is -2.34. The minimum Gasteiger partial charge on any atom is -0.0768 e. The molecule has 0 saturated heterocycles. The molecule has 6 aliphatic carbocycles. The third-order valence-electron chi connectivity index (χ3n) is 14.2. The Morgan fingerprint density at radius 2 is 0.652 bits per heavy atom. The van der Waals surface area contributed by atoms with Gasteiger partial charge in [0, 0.05) is 0 Å². The first-order valence-corrected chi connectivity index (χ1v) is 18.8. The lowest BCUT2D eigenvalue weighted by atomic mass is 9.58. The molecule has 0 aromatic heterocycles. The van der Waals surface area contributed by atoms with Gasteiger partial charge in [0.2, 0.25) is 0 Å². The van der Waals surface area contributed by atoms with Gasteiger partial charge in [0.15, 0.2) is 0 Å². The summed E-state index contributed by atoms with van der Waals surface area (Å²) in [6, 6.07) is 19.1. The standard InChI is InChI=1S/C46H58/c1-43(2)17-18-44(3,4)40-26-30-22-33(21-29(30)25-39(40)43)35-13-9-11-15-37(35)38-16-12-10-14-36(38)34-23-31-27-41-42(28-32(31)24-34)46(7,8)20-19-45(41,5)6/h9-16,25-34H,17-24H2,1-8H3. The van der Waals surface area contributed by atoms with Crippen molar-refractivity contribution in [2.24, 2.45) is 45.3 Å². The monoisotopic (exact) mass is 610 g/mol. The van der Waals surface area contributed by atoms with Gasteiger partial charge in [0.05, 0.1) is 0 Å². The van der Waals surface area contributed by atoms with Crippen molar-refractivity contribution in [1.29, 1.82) is 0 Å². The molecular formula is C46H58. The quantitative estimate of drug-likeness (QED) is 0.324. The Morgan fingerprint density at radius 1 is 0.391 bits per heavy atom. The Kier molecular flexibility index (Phi) is 6.98. The van der Waals surface area contributed by atoms with E-state index in [2.05, 4.69) is 128 Å². The molecule has 4 unspecified atom stereocenters. The second kappa shape index (κ2) is 10.4. The maximum absolute atomic E-state index is 2.75. The SMILES string of the molecule is CC1(C)CCC(C)(C)C2=CC3CC(c4ccccc4-c4ccccc4C4CC5C=C6C(=CC5C4)C(C)(C)CCC6(C)C)CC3C=C21. The summed E-state index contributed by atoms with van der Waals surface area (Å²) in [7, 11) is 0. The van der Waals surface area contributed by atoms with Crippen molar-refractivity contribution in [1.82, 2.24) is 0 Å². The summed E-state index contributed by atoms with van der Waals surface area (Å²) in [5.41, 5.74) is 14.1. The summed E-state index contributed by atoms with van der Waals surface area (Å²) < 4.78 is 0. The van der Waals surface area contributed by atoms with Crippen molar-refractivity contribution in [2.45, 2.75) is 119 Å². The van der Waals surface area contributed by atoms with Gasteiger partial charge in [-0.3, -0.25) is 0 Å². The molecule has 46 heavy (non-hydrogen) atoms. The van der Waals surface area contributed by atoms with Crippen molar-refractivity contribution in [2.75, 3.05) is 0 Å². The van der Waals surface area contributed by atoms with E-state index in [1.807, 2.05) is 0 Å². The van der Waals surface area contributed by atoms with Gasteiger partial charge in [0.25, 0.3) is 0 Å². The number of hydrogen-bond acceptors (Lipinski definition) is 0. The van der Waals surface area contributed by atoms with Crippen LogP contribution in [-0.2, 0) is 0 Å². The summed E-state index contributed by atoms with van der Waals surface area (Å²) in [4.78, 5) is 0. The third kappa shape index (κ3) is 4.90. The van der Waals surface area contributed by atoms with E-state index in [-0.39, 0.29) is 0 Å². The van der Waals surface area contributed by atoms with Gasteiger partial charge < -0.3 is 0 Å². The third-order valence-corrected chi connectivity index (χ3v) is 14.2. The number of fused-ring (bicyclic) bond motifs is 4. The van der Waals surface area contributed by atoms with Crippen molar-refractivity contribution < 1.29 is 0 Å². The highest BCUT2D eigenvalue weighted by molar-refractivity contribution is 5.72. The molecule has 2 aromatic rings. The molecule has 0 spiro atoms. The van der Waals surface area contributed by atoms with E-state index in [0.717, 1.165) is 0 Å². The van der Waals surface area contributed by atoms with Gasteiger partial charge in [-0.15, -0.1) is 0 Å². The summed E-state index contributed by atoms with van der Waals surface area (Å²) >= 11 is 0. The van der Waals surface area contributed by atoms with Gasteiger partial charge >= 0.3 is 0 Å². The van der Waals surface area contributed by atoms with Gasteiger partial charge in [0.1, 0.15) is 0 Å². The smallest absolute Gasteiger partial charge is 0.0103 e. The van der Waals surface area contributed by atoms with E-state index >= 15 is 0 Å². The van der Waals surface area contributed by atoms with E-state index in [1.165, 1.54) is 62.5 Å². The first-order valence-electron chi connectivity index (χ1n) is 18.8. The second-order valence-corrected chi connectivity index (χ2v) is 19.0. The van der Waals surface area contributed by atoms with Gasteiger partial charge in [-0.25, -0.2) is 0 Å². The van der Waals surface area contributed by atoms with Crippen LogP contribution in [0.3, 0.4) is 0 Å². The van der Waals surface area contributed by atoms with Crippen molar-refractivity contribution in [3.63, 3.8) is 0 Å². The molecule has 8 rings (SSSR count). The zero-order valence-corrected chi connectivity index (χ0v) is 30.0. The molecule has 242 valence electrons. The Bertz CT molecular complexity index is 1470. The summed E-state index contributed by atoms with van der Waals surface area (Å²) in [5.74, 6) is 3.94. The highest BCUT2D eigenvalue weighted by Crippen LogP contribution is 2.60. The van der Waals surface area contributed by atoms with Crippen LogP contribution in [0.1, 0.15) is 130 Å². The molecule has 4 saturated carbocycles. The van der Waals surface area contributed by atoms with E-state index < -0.39 is 0 Å². The molecule has 0 heterocycles. The van der Waals surface area contributed by atoms with Crippen molar-refractivity contribution >= 4 is 0 Å². The largest absolute Gasteiger partial charge is 0.0768 e. The van der Waals surface area contributed by atoms with Crippen LogP contribution >= 0.6 is 0 Å². The summed E-state index contributed by atoms with van der Waals surface area (Å²) in [6.07, 6.45) is 21.4.